The largest absolute Gasteiger partial charge is 0.480 e. The number of hydrogen-bond donors (Lipinski definition) is 3. The maximum Gasteiger partial charge on any atom is 0.320 e. The molecule has 0 heterocycles. The predicted octanol–water partition coefficient (Wildman–Crippen LogP) is 1.30. The third-order valence-electron chi connectivity index (χ3n) is 2.36. The van der Waals surface area contributed by atoms with Crippen LogP contribution >= 0.6 is 17.0 Å². The zero-order valence-electron chi connectivity index (χ0n) is 10.3. The van der Waals surface area contributed by atoms with Crippen LogP contribution in [0.25, 0.3) is 0 Å². The summed E-state index contributed by atoms with van der Waals surface area (Å²) in [6.07, 6.45) is -0.0153. The van der Waals surface area contributed by atoms with Crippen LogP contribution < -0.4 is 11.1 Å². The molecule has 20 heavy (non-hydrogen) atoms. The summed E-state index contributed by atoms with van der Waals surface area (Å²) < 4.78 is 0. The average Bonchev–Trinajstić information content (AvgIpc) is 2.36. The van der Waals surface area contributed by atoms with Crippen molar-refractivity contribution < 1.29 is 19.6 Å². The molecule has 0 saturated carbocycles. The lowest BCUT2D eigenvalue weighted by Crippen LogP contribution is -2.31. The molecule has 0 aliphatic rings. The molecule has 110 valence electrons. The normalized spacial score (nSPS) is 11.1. The summed E-state index contributed by atoms with van der Waals surface area (Å²) in [5.74, 6) is -1.56. The third kappa shape index (κ3) is 5.76. The van der Waals surface area contributed by atoms with Crippen LogP contribution in [0.3, 0.4) is 0 Å². The molecule has 0 radical (unpaired) electrons. The molecular formula is C11H14BrN3O5. The lowest BCUT2D eigenvalue weighted by atomic mass is 10.1. The Hall–Kier alpha value is -2.00. The summed E-state index contributed by atoms with van der Waals surface area (Å²) in [6.45, 7) is 0. The number of nitrogens with two attached hydrogens (primary N) is 1. The molecule has 0 aliphatic carbocycles. The highest BCUT2D eigenvalue weighted by Crippen LogP contribution is 2.15. The van der Waals surface area contributed by atoms with Crippen molar-refractivity contribution in [3.8, 4) is 0 Å². The molecule has 1 aromatic rings. The lowest BCUT2D eigenvalue weighted by molar-refractivity contribution is -0.384. The highest BCUT2D eigenvalue weighted by atomic mass is 79.9. The smallest absolute Gasteiger partial charge is 0.320 e. The van der Waals surface area contributed by atoms with Crippen LogP contribution in [0, 0.1) is 10.1 Å². The number of carboxylic acid groups (broad SMARTS) is 1. The summed E-state index contributed by atoms with van der Waals surface area (Å²) in [5.41, 5.74) is 5.58. The van der Waals surface area contributed by atoms with Gasteiger partial charge in [-0.2, -0.15) is 0 Å². The number of amides is 1. The van der Waals surface area contributed by atoms with E-state index in [1.54, 1.807) is 0 Å². The van der Waals surface area contributed by atoms with Crippen molar-refractivity contribution in [2.45, 2.75) is 18.9 Å². The van der Waals surface area contributed by atoms with Crippen LogP contribution in [-0.2, 0) is 9.59 Å². The van der Waals surface area contributed by atoms with Gasteiger partial charge in [0.25, 0.3) is 5.69 Å². The Kier molecular flexibility index (Phi) is 7.40. The Morgan fingerprint density at radius 3 is 2.35 bits per heavy atom. The van der Waals surface area contributed by atoms with Gasteiger partial charge in [0, 0.05) is 24.2 Å². The van der Waals surface area contributed by atoms with E-state index in [0.29, 0.717) is 5.69 Å². The molecule has 0 aliphatic heterocycles. The van der Waals surface area contributed by atoms with Crippen LogP contribution in [0.15, 0.2) is 24.3 Å². The summed E-state index contributed by atoms with van der Waals surface area (Å²) in [4.78, 5) is 31.8. The topological polar surface area (TPSA) is 136 Å². The second-order valence-corrected chi connectivity index (χ2v) is 3.84. The van der Waals surface area contributed by atoms with E-state index in [-0.39, 0.29) is 35.5 Å². The van der Waals surface area contributed by atoms with Crippen LogP contribution in [0.4, 0.5) is 11.4 Å². The van der Waals surface area contributed by atoms with E-state index in [4.69, 9.17) is 10.8 Å². The van der Waals surface area contributed by atoms with Gasteiger partial charge in [0.2, 0.25) is 5.91 Å². The second-order valence-electron chi connectivity index (χ2n) is 3.84. The number of hydrogen-bond acceptors (Lipinski definition) is 5. The highest BCUT2D eigenvalue weighted by molar-refractivity contribution is 8.93. The monoisotopic (exact) mass is 347 g/mol. The summed E-state index contributed by atoms with van der Waals surface area (Å²) >= 11 is 0. The Morgan fingerprint density at radius 1 is 1.35 bits per heavy atom. The van der Waals surface area contributed by atoms with Crippen LogP contribution in [-0.4, -0.2) is 27.9 Å². The van der Waals surface area contributed by atoms with Crippen LogP contribution in [0.1, 0.15) is 12.8 Å². The predicted molar refractivity (Wildman–Crippen MR) is 76.9 cm³/mol. The first-order valence-electron chi connectivity index (χ1n) is 5.43. The number of carbonyl (C=O) groups is 2. The van der Waals surface area contributed by atoms with E-state index in [1.807, 2.05) is 0 Å². The molecule has 0 aromatic heterocycles. The Morgan fingerprint density at radius 2 is 1.90 bits per heavy atom. The van der Waals surface area contributed by atoms with Gasteiger partial charge in [-0.1, -0.05) is 0 Å². The van der Waals surface area contributed by atoms with Gasteiger partial charge in [0.15, 0.2) is 0 Å². The van der Waals surface area contributed by atoms with Gasteiger partial charge in [-0.05, 0) is 18.6 Å². The second kappa shape index (κ2) is 8.23. The first kappa shape index (κ1) is 18.0. The molecule has 4 N–H and O–H groups in total. The van der Waals surface area contributed by atoms with Gasteiger partial charge < -0.3 is 16.2 Å². The molecule has 0 saturated heterocycles. The third-order valence-corrected chi connectivity index (χ3v) is 2.36. The number of aliphatic carboxylic acids is 1. The number of carbonyl (C=O) groups excluding carboxylic acids is 1. The fourth-order valence-electron chi connectivity index (χ4n) is 1.30. The molecule has 0 fully saturated rings. The fraction of sp³-hybridized carbons (Fsp3) is 0.273. The van der Waals surface area contributed by atoms with Crippen molar-refractivity contribution in [2.24, 2.45) is 5.73 Å². The minimum Gasteiger partial charge on any atom is -0.480 e. The highest BCUT2D eigenvalue weighted by Gasteiger charge is 2.13. The molecule has 0 unspecified atom stereocenters. The number of non-ortho nitro benzene ring substituents is 1. The first-order valence-corrected chi connectivity index (χ1v) is 5.43. The van der Waals surface area contributed by atoms with Crippen LogP contribution in [0.2, 0.25) is 0 Å². The van der Waals surface area contributed by atoms with Crippen molar-refractivity contribution in [3.63, 3.8) is 0 Å². The van der Waals surface area contributed by atoms with Gasteiger partial charge in [0.05, 0.1) is 4.92 Å². The van der Waals surface area contributed by atoms with Gasteiger partial charge >= 0.3 is 5.97 Å². The molecule has 9 heteroatoms. The van der Waals surface area contributed by atoms with Crippen molar-refractivity contribution in [1.82, 2.24) is 0 Å². The van der Waals surface area contributed by atoms with Gasteiger partial charge in [-0.3, -0.25) is 19.7 Å². The Balaban J connectivity index is 0.00000361. The van der Waals surface area contributed by atoms with E-state index >= 15 is 0 Å². The van der Waals surface area contributed by atoms with Gasteiger partial charge in [0.1, 0.15) is 6.04 Å². The molecule has 1 aromatic carbocycles. The van der Waals surface area contributed by atoms with E-state index in [9.17, 15) is 19.7 Å². The van der Waals surface area contributed by atoms with Gasteiger partial charge in [-0.25, -0.2) is 0 Å². The maximum atomic E-state index is 11.5. The number of halogens is 1. The average molecular weight is 348 g/mol. The Bertz CT molecular complexity index is 491. The molecule has 0 bridgehead atoms. The molecular weight excluding hydrogens is 334 g/mol. The van der Waals surface area contributed by atoms with E-state index in [0.717, 1.165) is 0 Å². The zero-order chi connectivity index (χ0) is 14.4. The van der Waals surface area contributed by atoms with E-state index in [1.165, 1.54) is 24.3 Å². The number of benzene rings is 1. The number of nitrogens with one attached hydrogen (secondary N) is 1. The van der Waals surface area contributed by atoms with Gasteiger partial charge in [-0.15, -0.1) is 17.0 Å². The van der Waals surface area contributed by atoms with E-state index in [2.05, 4.69) is 5.32 Å². The molecule has 1 atom stereocenters. The minimum absolute atomic E-state index is 0. The minimum atomic E-state index is -1.16. The van der Waals surface area contributed by atoms with Crippen LogP contribution in [0.5, 0.6) is 0 Å². The molecule has 1 amide bonds. The maximum absolute atomic E-state index is 11.5. The SMILES string of the molecule is Br.N[C@@H](CCC(=O)Nc1ccc([N+](=O)[O-])cc1)C(=O)O. The van der Waals surface area contributed by atoms with Crippen molar-refractivity contribution in [3.05, 3.63) is 34.4 Å². The molecule has 0 spiro atoms. The quantitative estimate of drug-likeness (QED) is 0.524. The number of anilines is 1. The molecule has 1 rings (SSSR count). The number of nitro groups is 1. The number of rotatable bonds is 6. The van der Waals surface area contributed by atoms with Crippen molar-refractivity contribution >= 4 is 40.2 Å². The lowest BCUT2D eigenvalue weighted by Gasteiger charge is -2.07. The zero-order valence-corrected chi connectivity index (χ0v) is 12.0. The summed E-state index contributed by atoms with van der Waals surface area (Å²) in [6, 6.07) is 4.24. The summed E-state index contributed by atoms with van der Waals surface area (Å²) in [7, 11) is 0. The van der Waals surface area contributed by atoms with Crippen molar-refractivity contribution in [2.75, 3.05) is 5.32 Å². The standard InChI is InChI=1S/C11H13N3O5.BrH/c12-9(11(16)17)5-6-10(15)13-7-1-3-8(4-2-7)14(18)19;/h1-4,9H,5-6,12H2,(H,13,15)(H,16,17);1H/t9-;/m0./s1. The Labute approximate surface area is 124 Å². The molecule has 8 nitrogen and oxygen atoms in total. The number of carboxylic acids is 1. The number of nitro benzene ring substituents is 1. The number of nitrogens with zero attached hydrogens (tertiary/aromatic N) is 1. The fourth-order valence-corrected chi connectivity index (χ4v) is 1.30. The van der Waals surface area contributed by atoms with E-state index < -0.39 is 22.8 Å². The summed E-state index contributed by atoms with van der Waals surface area (Å²) in [5, 5.41) is 21.5. The van der Waals surface area contributed by atoms with Crippen molar-refractivity contribution in [1.29, 1.82) is 0 Å². The first-order chi connectivity index (χ1) is 8.90.